The number of quaternary nitrogens is 1. The highest BCUT2D eigenvalue weighted by Crippen LogP contribution is 2.43. The van der Waals surface area contributed by atoms with Gasteiger partial charge in [0.15, 0.2) is 5.60 Å². The molecule has 0 aliphatic heterocycles. The minimum atomic E-state index is -1.71. The van der Waals surface area contributed by atoms with E-state index in [1.807, 2.05) is 20.8 Å². The molecule has 0 spiro atoms. The maximum atomic E-state index is 13.1. The molecule has 0 aromatic heterocycles. The molecule has 162 valence electrons. The number of nitrogens with zero attached hydrogens (tertiary/aromatic N) is 1. The zero-order valence-corrected chi connectivity index (χ0v) is 20.1. The lowest BCUT2D eigenvalue weighted by Gasteiger charge is -2.41. The molecule has 0 saturated heterocycles. The second-order valence-electron chi connectivity index (χ2n) is 7.83. The van der Waals surface area contributed by atoms with Crippen LogP contribution in [0.15, 0.2) is 24.3 Å². The maximum absolute atomic E-state index is 13.1. The molecule has 1 atom stereocenters. The van der Waals surface area contributed by atoms with Gasteiger partial charge in [0.1, 0.15) is 18.9 Å². The fourth-order valence-electron chi connectivity index (χ4n) is 3.45. The van der Waals surface area contributed by atoms with Crippen LogP contribution >= 0.6 is 0 Å². The highest BCUT2D eigenvalue weighted by atomic mass is 79.9. The van der Waals surface area contributed by atoms with Crippen molar-refractivity contribution in [3.63, 3.8) is 0 Å². The van der Waals surface area contributed by atoms with Crippen LogP contribution in [-0.2, 0) is 15.1 Å². The fourth-order valence-corrected chi connectivity index (χ4v) is 3.45. The molecular formula is C22H38BrNO4. The molecule has 1 unspecified atom stereocenters. The molecule has 0 amide bonds. The second kappa shape index (κ2) is 11.2. The highest BCUT2D eigenvalue weighted by molar-refractivity contribution is 5.82. The van der Waals surface area contributed by atoms with Crippen LogP contribution in [0.2, 0.25) is 0 Å². The number of methoxy groups -OCH3 is 1. The Bertz CT molecular complexity index is 591. The van der Waals surface area contributed by atoms with E-state index in [-0.39, 0.29) is 17.0 Å². The van der Waals surface area contributed by atoms with Crippen LogP contribution in [0.25, 0.3) is 0 Å². The molecule has 1 N–H and O–H groups in total. The SMILES string of the molecule is CCC(C)(C)C(O)(C(=O)OCC[N+](CC)(CC)CC)c1ccc(OC)cc1.[Br-]. The third-order valence-electron chi connectivity index (χ3n) is 6.48. The normalized spacial score (nSPS) is 14.0. The standard InChI is InChI=1S/C22H38NO4.BrH/c1-8-21(5,6)22(25,18-12-14-19(26-7)15-13-18)20(24)27-17-16-23(9-2,10-3)11-4;/h12-15,25H,8-11,16-17H2,1-7H3;1H/q+1;/p-1. The van der Waals surface area contributed by atoms with Gasteiger partial charge in [-0.15, -0.1) is 0 Å². The zero-order chi connectivity index (χ0) is 20.7. The average Bonchev–Trinajstić information content (AvgIpc) is 2.70. The smallest absolute Gasteiger partial charge is 0.343 e. The molecule has 1 rings (SSSR count). The summed E-state index contributed by atoms with van der Waals surface area (Å²) in [5.41, 5.74) is -1.86. The summed E-state index contributed by atoms with van der Waals surface area (Å²) in [6.07, 6.45) is 0.628. The molecule has 0 aliphatic carbocycles. The van der Waals surface area contributed by atoms with Crippen LogP contribution in [0.1, 0.15) is 53.5 Å². The van der Waals surface area contributed by atoms with E-state index in [0.717, 1.165) is 30.7 Å². The topological polar surface area (TPSA) is 55.8 Å². The van der Waals surface area contributed by atoms with Gasteiger partial charge in [0.25, 0.3) is 0 Å². The van der Waals surface area contributed by atoms with Gasteiger partial charge < -0.3 is 36.0 Å². The van der Waals surface area contributed by atoms with E-state index >= 15 is 0 Å². The molecule has 0 aliphatic rings. The molecule has 0 heterocycles. The molecule has 28 heavy (non-hydrogen) atoms. The van der Waals surface area contributed by atoms with Crippen molar-refractivity contribution in [2.75, 3.05) is 39.9 Å². The summed E-state index contributed by atoms with van der Waals surface area (Å²) >= 11 is 0. The number of halogens is 1. The number of rotatable bonds is 11. The molecule has 1 aromatic carbocycles. The molecule has 6 heteroatoms. The van der Waals surface area contributed by atoms with Crippen molar-refractivity contribution in [1.82, 2.24) is 0 Å². The monoisotopic (exact) mass is 459 g/mol. The van der Waals surface area contributed by atoms with Crippen LogP contribution in [0.5, 0.6) is 5.75 Å². The number of hydrogen-bond acceptors (Lipinski definition) is 4. The number of benzene rings is 1. The number of carbonyl (C=O) groups is 1. The zero-order valence-electron chi connectivity index (χ0n) is 18.5. The maximum Gasteiger partial charge on any atom is 0.343 e. The van der Waals surface area contributed by atoms with Gasteiger partial charge in [-0.05, 0) is 44.9 Å². The van der Waals surface area contributed by atoms with Crippen molar-refractivity contribution < 1.29 is 40.8 Å². The lowest BCUT2D eigenvalue weighted by atomic mass is 9.69. The third-order valence-corrected chi connectivity index (χ3v) is 6.48. The molecule has 1 aromatic rings. The largest absolute Gasteiger partial charge is 1.00 e. The minimum absolute atomic E-state index is 0. The van der Waals surface area contributed by atoms with Crippen LogP contribution in [0, 0.1) is 5.41 Å². The molecule has 0 saturated carbocycles. The Morgan fingerprint density at radius 3 is 1.93 bits per heavy atom. The minimum Gasteiger partial charge on any atom is -1.00 e. The van der Waals surface area contributed by atoms with Gasteiger partial charge in [0, 0.05) is 5.41 Å². The van der Waals surface area contributed by atoms with Crippen molar-refractivity contribution in [2.24, 2.45) is 5.41 Å². The highest BCUT2D eigenvalue weighted by Gasteiger charge is 2.51. The average molecular weight is 460 g/mol. The summed E-state index contributed by atoms with van der Waals surface area (Å²) in [5, 5.41) is 11.5. The summed E-state index contributed by atoms with van der Waals surface area (Å²) in [5.74, 6) is 0.0978. The Kier molecular flexibility index (Phi) is 10.7. The number of likely N-dealkylation sites (N-methyl/N-ethyl adjacent to an activating group) is 1. The van der Waals surface area contributed by atoms with Gasteiger partial charge in [-0.1, -0.05) is 32.9 Å². The lowest BCUT2D eigenvalue weighted by molar-refractivity contribution is -0.923. The van der Waals surface area contributed by atoms with Crippen LogP contribution in [0.3, 0.4) is 0 Å². The van der Waals surface area contributed by atoms with Gasteiger partial charge in [-0.2, -0.15) is 0 Å². The first-order valence-electron chi connectivity index (χ1n) is 10.1. The predicted molar refractivity (Wildman–Crippen MR) is 109 cm³/mol. The fraction of sp³-hybridized carbons (Fsp3) is 0.682. The summed E-state index contributed by atoms with van der Waals surface area (Å²) in [6.45, 7) is 16.2. The molecular weight excluding hydrogens is 422 g/mol. The van der Waals surface area contributed by atoms with E-state index in [2.05, 4.69) is 20.8 Å². The summed E-state index contributed by atoms with van der Waals surface area (Å²) in [4.78, 5) is 13.1. The van der Waals surface area contributed by atoms with E-state index in [0.29, 0.717) is 24.3 Å². The number of ether oxygens (including phenoxy) is 2. The van der Waals surface area contributed by atoms with Crippen LogP contribution in [0.4, 0.5) is 0 Å². The Morgan fingerprint density at radius 2 is 1.54 bits per heavy atom. The van der Waals surface area contributed by atoms with E-state index in [9.17, 15) is 9.90 Å². The summed E-state index contributed by atoms with van der Waals surface area (Å²) in [6, 6.07) is 6.99. The predicted octanol–water partition coefficient (Wildman–Crippen LogP) is 0.743. The van der Waals surface area contributed by atoms with Gasteiger partial charge in [-0.25, -0.2) is 4.79 Å². The van der Waals surface area contributed by atoms with Crippen LogP contribution < -0.4 is 21.7 Å². The Labute approximate surface area is 181 Å². The van der Waals surface area contributed by atoms with Crippen molar-refractivity contribution in [3.05, 3.63) is 29.8 Å². The summed E-state index contributed by atoms with van der Waals surface area (Å²) < 4.78 is 11.7. The van der Waals surface area contributed by atoms with Crippen molar-refractivity contribution in [1.29, 1.82) is 0 Å². The number of esters is 1. The van der Waals surface area contributed by atoms with Crippen LogP contribution in [-0.4, -0.2) is 55.5 Å². The lowest BCUT2D eigenvalue weighted by Crippen LogP contribution is -3.00. The van der Waals surface area contributed by atoms with Crippen molar-refractivity contribution >= 4 is 5.97 Å². The molecule has 5 nitrogen and oxygen atoms in total. The van der Waals surface area contributed by atoms with E-state index < -0.39 is 17.0 Å². The Hall–Kier alpha value is -1.11. The quantitative estimate of drug-likeness (QED) is 0.391. The number of carbonyl (C=O) groups excluding carboxylic acids is 1. The Balaban J connectivity index is 0.00000729. The molecule has 0 radical (unpaired) electrons. The molecule has 0 bridgehead atoms. The van der Waals surface area contributed by atoms with Crippen molar-refractivity contribution in [3.8, 4) is 5.75 Å². The van der Waals surface area contributed by atoms with Gasteiger partial charge in [0.05, 0.1) is 26.7 Å². The first-order chi connectivity index (χ1) is 12.7. The van der Waals surface area contributed by atoms with E-state index in [4.69, 9.17) is 9.47 Å². The second-order valence-corrected chi connectivity index (χ2v) is 7.83. The first-order valence-corrected chi connectivity index (χ1v) is 10.1. The summed E-state index contributed by atoms with van der Waals surface area (Å²) in [7, 11) is 1.59. The first kappa shape index (κ1) is 26.9. The van der Waals surface area contributed by atoms with Gasteiger partial charge in [0.2, 0.25) is 0 Å². The third kappa shape index (κ3) is 5.49. The molecule has 0 fully saturated rings. The van der Waals surface area contributed by atoms with Gasteiger partial charge >= 0.3 is 5.97 Å². The number of hydrogen-bond donors (Lipinski definition) is 1. The number of aliphatic hydroxyl groups is 1. The Morgan fingerprint density at radius 1 is 1.04 bits per heavy atom. The van der Waals surface area contributed by atoms with Crippen molar-refractivity contribution in [2.45, 2.75) is 53.6 Å². The van der Waals surface area contributed by atoms with Gasteiger partial charge in [-0.3, -0.25) is 0 Å². The van der Waals surface area contributed by atoms with E-state index in [1.165, 1.54) is 0 Å². The van der Waals surface area contributed by atoms with E-state index in [1.54, 1.807) is 31.4 Å².